The predicted molar refractivity (Wildman–Crippen MR) is 82.6 cm³/mol. The average Bonchev–Trinajstić information content (AvgIpc) is 2.48. The number of benzene rings is 1. The highest BCUT2D eigenvalue weighted by molar-refractivity contribution is 5.43. The van der Waals surface area contributed by atoms with Crippen LogP contribution in [-0.2, 0) is 6.42 Å². The summed E-state index contributed by atoms with van der Waals surface area (Å²) in [6.45, 7) is 2.25. The van der Waals surface area contributed by atoms with Crippen molar-refractivity contribution in [3.05, 3.63) is 35.9 Å². The van der Waals surface area contributed by atoms with Gasteiger partial charge in [0.15, 0.2) is 11.5 Å². The molecule has 2 unspecified atom stereocenters. The van der Waals surface area contributed by atoms with Gasteiger partial charge in [0.2, 0.25) is 0 Å². The molecule has 1 aromatic rings. The van der Waals surface area contributed by atoms with Gasteiger partial charge in [-0.05, 0) is 50.3 Å². The first-order valence-electron chi connectivity index (χ1n) is 7.35. The van der Waals surface area contributed by atoms with Gasteiger partial charge in [-0.15, -0.1) is 0 Å². The fourth-order valence-corrected chi connectivity index (χ4v) is 2.77. The van der Waals surface area contributed by atoms with E-state index < -0.39 is 0 Å². The third-order valence-corrected chi connectivity index (χ3v) is 3.78. The molecule has 110 valence electrons. The quantitative estimate of drug-likeness (QED) is 0.808. The lowest BCUT2D eigenvalue weighted by Crippen LogP contribution is -2.38. The second-order valence-corrected chi connectivity index (χ2v) is 5.44. The van der Waals surface area contributed by atoms with Crippen molar-refractivity contribution in [3.8, 4) is 11.5 Å². The molecule has 0 amide bonds. The fraction of sp³-hybridized carbons (Fsp3) is 0.529. The molecular weight excluding hydrogens is 250 g/mol. The monoisotopic (exact) mass is 275 g/mol. The number of allylic oxidation sites excluding steroid dienone is 1. The third-order valence-electron chi connectivity index (χ3n) is 3.78. The Morgan fingerprint density at radius 2 is 2.00 bits per heavy atom. The van der Waals surface area contributed by atoms with Gasteiger partial charge in [0.05, 0.1) is 14.2 Å². The summed E-state index contributed by atoms with van der Waals surface area (Å²) in [7, 11) is 3.34. The normalized spacial score (nSPS) is 19.6. The molecule has 0 saturated heterocycles. The van der Waals surface area contributed by atoms with Crippen LogP contribution in [0.1, 0.15) is 31.7 Å². The van der Waals surface area contributed by atoms with E-state index in [0.717, 1.165) is 24.3 Å². The molecule has 20 heavy (non-hydrogen) atoms. The molecule has 0 radical (unpaired) electrons. The Labute approximate surface area is 122 Å². The van der Waals surface area contributed by atoms with Crippen LogP contribution in [-0.4, -0.2) is 26.3 Å². The zero-order chi connectivity index (χ0) is 14.4. The van der Waals surface area contributed by atoms with Crippen LogP contribution < -0.4 is 14.8 Å². The van der Waals surface area contributed by atoms with Gasteiger partial charge < -0.3 is 14.8 Å². The summed E-state index contributed by atoms with van der Waals surface area (Å²) in [5.74, 6) is 1.59. The molecule has 1 aromatic carbocycles. The summed E-state index contributed by atoms with van der Waals surface area (Å²) >= 11 is 0. The Morgan fingerprint density at radius 1 is 1.20 bits per heavy atom. The highest BCUT2D eigenvalue weighted by Gasteiger charge is 2.14. The summed E-state index contributed by atoms with van der Waals surface area (Å²) < 4.78 is 10.6. The van der Waals surface area contributed by atoms with Crippen LogP contribution >= 0.6 is 0 Å². The molecule has 3 nitrogen and oxygen atoms in total. The van der Waals surface area contributed by atoms with E-state index in [1.807, 2.05) is 6.07 Å². The maximum atomic E-state index is 5.35. The maximum Gasteiger partial charge on any atom is 0.160 e. The molecule has 0 spiro atoms. The highest BCUT2D eigenvalue weighted by Crippen LogP contribution is 2.28. The van der Waals surface area contributed by atoms with Gasteiger partial charge in [-0.1, -0.05) is 18.2 Å². The van der Waals surface area contributed by atoms with Gasteiger partial charge in [0.1, 0.15) is 0 Å². The number of hydrogen-bond donors (Lipinski definition) is 1. The van der Waals surface area contributed by atoms with Crippen molar-refractivity contribution < 1.29 is 9.47 Å². The zero-order valence-electron chi connectivity index (χ0n) is 12.7. The van der Waals surface area contributed by atoms with Crippen molar-refractivity contribution in [1.82, 2.24) is 5.32 Å². The molecule has 1 aliphatic rings. The first kappa shape index (κ1) is 14.9. The minimum Gasteiger partial charge on any atom is -0.493 e. The van der Waals surface area contributed by atoms with E-state index in [1.165, 1.54) is 18.4 Å². The zero-order valence-corrected chi connectivity index (χ0v) is 12.7. The number of nitrogens with one attached hydrogen (secondary N) is 1. The van der Waals surface area contributed by atoms with Crippen LogP contribution in [0.2, 0.25) is 0 Å². The van der Waals surface area contributed by atoms with E-state index in [4.69, 9.17) is 9.47 Å². The van der Waals surface area contributed by atoms with Gasteiger partial charge in [0.25, 0.3) is 0 Å². The number of methoxy groups -OCH3 is 2. The van der Waals surface area contributed by atoms with Crippen LogP contribution in [0.4, 0.5) is 0 Å². The Bertz CT molecular complexity index is 456. The van der Waals surface area contributed by atoms with Gasteiger partial charge in [0, 0.05) is 12.1 Å². The number of hydrogen-bond acceptors (Lipinski definition) is 3. The molecule has 0 aromatic heterocycles. The Morgan fingerprint density at radius 3 is 2.65 bits per heavy atom. The Balaban J connectivity index is 1.93. The Hall–Kier alpha value is -1.48. The van der Waals surface area contributed by atoms with E-state index >= 15 is 0 Å². The van der Waals surface area contributed by atoms with Crippen LogP contribution in [0.5, 0.6) is 11.5 Å². The first-order chi connectivity index (χ1) is 9.72. The van der Waals surface area contributed by atoms with E-state index in [9.17, 15) is 0 Å². The predicted octanol–water partition coefficient (Wildman–Crippen LogP) is 3.33. The molecule has 2 atom stereocenters. The van der Waals surface area contributed by atoms with Crippen molar-refractivity contribution in [2.24, 2.45) is 0 Å². The van der Waals surface area contributed by atoms with Crippen LogP contribution in [0.3, 0.4) is 0 Å². The lowest BCUT2D eigenvalue weighted by atomic mass is 9.99. The minimum absolute atomic E-state index is 0.463. The molecule has 0 bridgehead atoms. The summed E-state index contributed by atoms with van der Waals surface area (Å²) in [4.78, 5) is 0. The molecule has 0 heterocycles. The molecule has 0 fully saturated rings. The molecule has 0 aliphatic heterocycles. The van der Waals surface area contributed by atoms with Crippen molar-refractivity contribution in [2.45, 2.75) is 44.7 Å². The van der Waals surface area contributed by atoms with Crippen molar-refractivity contribution in [2.75, 3.05) is 14.2 Å². The van der Waals surface area contributed by atoms with Gasteiger partial charge in [-0.2, -0.15) is 0 Å². The van der Waals surface area contributed by atoms with Crippen molar-refractivity contribution in [1.29, 1.82) is 0 Å². The summed E-state index contributed by atoms with van der Waals surface area (Å²) in [5.41, 5.74) is 1.27. The van der Waals surface area contributed by atoms with E-state index in [-0.39, 0.29) is 0 Å². The molecule has 3 heteroatoms. The molecule has 0 saturated carbocycles. The molecule has 1 aliphatic carbocycles. The molecule has 1 N–H and O–H groups in total. The molecule has 2 rings (SSSR count). The fourth-order valence-electron chi connectivity index (χ4n) is 2.77. The second kappa shape index (κ2) is 7.34. The highest BCUT2D eigenvalue weighted by atomic mass is 16.5. The van der Waals surface area contributed by atoms with Crippen molar-refractivity contribution >= 4 is 0 Å². The topological polar surface area (TPSA) is 30.5 Å². The lowest BCUT2D eigenvalue weighted by Gasteiger charge is -2.24. The maximum absolute atomic E-state index is 5.35. The Kier molecular flexibility index (Phi) is 5.48. The van der Waals surface area contributed by atoms with Crippen molar-refractivity contribution in [3.63, 3.8) is 0 Å². The van der Waals surface area contributed by atoms with Crippen LogP contribution in [0.15, 0.2) is 30.4 Å². The van der Waals surface area contributed by atoms with E-state index in [0.29, 0.717) is 12.1 Å². The second-order valence-electron chi connectivity index (χ2n) is 5.44. The summed E-state index contributed by atoms with van der Waals surface area (Å²) in [6, 6.07) is 7.24. The average molecular weight is 275 g/mol. The summed E-state index contributed by atoms with van der Waals surface area (Å²) in [5, 5.41) is 3.71. The number of rotatable bonds is 6. The van der Waals surface area contributed by atoms with Crippen LogP contribution in [0.25, 0.3) is 0 Å². The first-order valence-corrected chi connectivity index (χ1v) is 7.35. The third kappa shape index (κ3) is 4.01. The smallest absolute Gasteiger partial charge is 0.160 e. The van der Waals surface area contributed by atoms with E-state index in [1.54, 1.807) is 14.2 Å². The molecular formula is C17H25NO2. The SMILES string of the molecule is COc1ccc(CC(C)NC2CC=CCC2)cc1OC. The van der Waals surface area contributed by atoms with Crippen LogP contribution in [0, 0.1) is 0 Å². The van der Waals surface area contributed by atoms with Gasteiger partial charge in [-0.25, -0.2) is 0 Å². The largest absolute Gasteiger partial charge is 0.493 e. The summed E-state index contributed by atoms with van der Waals surface area (Å²) in [6.07, 6.45) is 9.14. The van der Waals surface area contributed by atoms with Gasteiger partial charge in [-0.3, -0.25) is 0 Å². The van der Waals surface area contributed by atoms with Gasteiger partial charge >= 0.3 is 0 Å². The lowest BCUT2D eigenvalue weighted by molar-refractivity contribution is 0.354. The van der Waals surface area contributed by atoms with E-state index in [2.05, 4.69) is 36.5 Å². The minimum atomic E-state index is 0.463. The standard InChI is InChI=1S/C17H25NO2/c1-13(18-15-7-5-4-6-8-15)11-14-9-10-16(19-2)17(12-14)20-3/h4-5,9-10,12-13,15,18H,6-8,11H2,1-3H3. The number of ether oxygens (including phenoxy) is 2.